The molecule has 0 saturated heterocycles. The molecule has 1 saturated carbocycles. The van der Waals surface area contributed by atoms with E-state index in [0.717, 1.165) is 18.5 Å². The first-order valence-corrected chi connectivity index (χ1v) is 10.2. The molecule has 28 heavy (non-hydrogen) atoms. The van der Waals surface area contributed by atoms with Crippen LogP contribution in [0.1, 0.15) is 45.3 Å². The van der Waals surface area contributed by atoms with Crippen molar-refractivity contribution in [2.45, 2.75) is 50.2 Å². The molecule has 1 aliphatic rings. The minimum absolute atomic E-state index is 0.0407. The van der Waals surface area contributed by atoms with Gasteiger partial charge in [0.05, 0.1) is 22.3 Å². The summed E-state index contributed by atoms with van der Waals surface area (Å²) < 4.78 is 6.93. The lowest BCUT2D eigenvalue weighted by atomic mass is 9.92. The number of carbonyl (C=O) groups excluding carboxylic acids is 1. The quantitative estimate of drug-likeness (QED) is 0.520. The molecule has 146 valence electrons. The number of amides is 1. The molecule has 1 aromatic carbocycles. The summed E-state index contributed by atoms with van der Waals surface area (Å²) >= 11 is 1.26. The number of thioether (sulfide) groups is 1. The summed E-state index contributed by atoms with van der Waals surface area (Å²) in [6.07, 6.45) is 1.93. The predicted molar refractivity (Wildman–Crippen MR) is 109 cm³/mol. The summed E-state index contributed by atoms with van der Waals surface area (Å²) in [5.74, 6) is 0.219. The molecule has 3 aromatic rings. The first-order valence-electron chi connectivity index (χ1n) is 9.24. The Kier molecular flexibility index (Phi) is 4.74. The Bertz CT molecular complexity index is 1090. The molecule has 2 heterocycles. The van der Waals surface area contributed by atoms with E-state index in [2.05, 4.69) is 15.5 Å². The second-order valence-electron chi connectivity index (χ2n) is 7.98. The number of hydrogen-bond donors (Lipinski definition) is 1. The molecule has 1 fully saturated rings. The van der Waals surface area contributed by atoms with Gasteiger partial charge in [-0.05, 0) is 25.0 Å². The van der Waals surface area contributed by atoms with Crippen LogP contribution in [0.4, 0.5) is 5.88 Å². The summed E-state index contributed by atoms with van der Waals surface area (Å²) in [7, 11) is 0. The third-order valence-corrected chi connectivity index (χ3v) is 5.51. The second kappa shape index (κ2) is 7.09. The van der Waals surface area contributed by atoms with Gasteiger partial charge in [-0.1, -0.05) is 49.8 Å². The van der Waals surface area contributed by atoms with E-state index in [0.29, 0.717) is 21.9 Å². The molecule has 0 spiro atoms. The predicted octanol–water partition coefficient (Wildman–Crippen LogP) is 3.75. The highest BCUT2D eigenvalue weighted by Crippen LogP contribution is 2.36. The van der Waals surface area contributed by atoms with Gasteiger partial charge in [0, 0.05) is 17.5 Å². The Balaban J connectivity index is 1.51. The van der Waals surface area contributed by atoms with Crippen molar-refractivity contribution in [2.24, 2.45) is 0 Å². The highest BCUT2D eigenvalue weighted by Gasteiger charge is 2.29. The van der Waals surface area contributed by atoms with Gasteiger partial charge < -0.3 is 4.52 Å². The fourth-order valence-corrected chi connectivity index (χ4v) is 3.74. The summed E-state index contributed by atoms with van der Waals surface area (Å²) in [5, 5.41) is 7.90. The Labute approximate surface area is 166 Å². The molecule has 2 aromatic heterocycles. The van der Waals surface area contributed by atoms with Crippen molar-refractivity contribution in [1.82, 2.24) is 14.7 Å². The maximum atomic E-state index is 12.8. The minimum atomic E-state index is -0.230. The van der Waals surface area contributed by atoms with Crippen molar-refractivity contribution in [3.05, 3.63) is 46.4 Å². The SMILES string of the molecule is CC(C)(C)c1cc(NC(=O)CSc2nc3ccccc3c(=O)n2C2CC2)on1. The van der Waals surface area contributed by atoms with E-state index in [9.17, 15) is 9.59 Å². The Morgan fingerprint density at radius 2 is 2.07 bits per heavy atom. The molecule has 0 aliphatic heterocycles. The number of fused-ring (bicyclic) bond motifs is 1. The zero-order chi connectivity index (χ0) is 19.9. The number of nitrogens with zero attached hydrogens (tertiary/aromatic N) is 3. The molecule has 1 N–H and O–H groups in total. The number of rotatable bonds is 5. The molecule has 4 rings (SSSR count). The van der Waals surface area contributed by atoms with Crippen molar-refractivity contribution in [3.8, 4) is 0 Å². The van der Waals surface area contributed by atoms with Crippen LogP contribution in [0.25, 0.3) is 10.9 Å². The second-order valence-corrected chi connectivity index (χ2v) is 8.92. The highest BCUT2D eigenvalue weighted by molar-refractivity contribution is 7.99. The zero-order valence-electron chi connectivity index (χ0n) is 16.1. The Morgan fingerprint density at radius 1 is 1.32 bits per heavy atom. The summed E-state index contributed by atoms with van der Waals surface area (Å²) in [4.78, 5) is 29.8. The van der Waals surface area contributed by atoms with Crippen LogP contribution in [0.15, 0.2) is 44.8 Å². The lowest BCUT2D eigenvalue weighted by Crippen LogP contribution is -2.23. The molecular formula is C20H22N4O3S. The third-order valence-electron chi connectivity index (χ3n) is 4.56. The van der Waals surface area contributed by atoms with E-state index < -0.39 is 0 Å². The summed E-state index contributed by atoms with van der Waals surface area (Å²) in [6, 6.07) is 9.22. The number of benzene rings is 1. The topological polar surface area (TPSA) is 90.0 Å². The fourth-order valence-electron chi connectivity index (χ4n) is 2.87. The first-order chi connectivity index (χ1) is 13.3. The van der Waals surface area contributed by atoms with Gasteiger partial charge in [0.2, 0.25) is 11.8 Å². The molecule has 7 nitrogen and oxygen atoms in total. The average molecular weight is 398 g/mol. The highest BCUT2D eigenvalue weighted by atomic mass is 32.2. The van der Waals surface area contributed by atoms with Crippen molar-refractivity contribution in [2.75, 3.05) is 11.1 Å². The van der Waals surface area contributed by atoms with Gasteiger partial charge in [-0.3, -0.25) is 19.5 Å². The molecule has 0 unspecified atom stereocenters. The number of hydrogen-bond acceptors (Lipinski definition) is 6. The van der Waals surface area contributed by atoms with Crippen LogP contribution < -0.4 is 10.9 Å². The lowest BCUT2D eigenvalue weighted by Gasteiger charge is -2.12. The van der Waals surface area contributed by atoms with Gasteiger partial charge >= 0.3 is 0 Å². The van der Waals surface area contributed by atoms with Gasteiger partial charge in [-0.2, -0.15) is 0 Å². The summed E-state index contributed by atoms with van der Waals surface area (Å²) in [5.41, 5.74) is 1.23. The van der Waals surface area contributed by atoms with Crippen LogP contribution in [-0.4, -0.2) is 26.4 Å². The van der Waals surface area contributed by atoms with Gasteiger partial charge in [0.25, 0.3) is 5.56 Å². The van der Waals surface area contributed by atoms with Crippen molar-refractivity contribution in [3.63, 3.8) is 0 Å². The Morgan fingerprint density at radius 3 is 2.75 bits per heavy atom. The lowest BCUT2D eigenvalue weighted by molar-refractivity contribution is -0.113. The molecule has 1 aliphatic carbocycles. The zero-order valence-corrected chi connectivity index (χ0v) is 16.9. The van der Waals surface area contributed by atoms with Crippen molar-refractivity contribution >= 4 is 34.5 Å². The van der Waals surface area contributed by atoms with Gasteiger partial charge in [-0.15, -0.1) is 0 Å². The van der Waals surface area contributed by atoms with Crippen molar-refractivity contribution < 1.29 is 9.32 Å². The molecule has 8 heteroatoms. The first kappa shape index (κ1) is 18.7. The van der Waals surface area contributed by atoms with E-state index in [1.165, 1.54) is 11.8 Å². The van der Waals surface area contributed by atoms with Crippen LogP contribution in [-0.2, 0) is 10.2 Å². The van der Waals surface area contributed by atoms with E-state index in [1.807, 2.05) is 39.0 Å². The smallest absolute Gasteiger partial charge is 0.262 e. The van der Waals surface area contributed by atoms with E-state index in [4.69, 9.17) is 4.52 Å². The molecule has 1 amide bonds. The largest absolute Gasteiger partial charge is 0.338 e. The fraction of sp³-hybridized carbons (Fsp3) is 0.400. The van der Waals surface area contributed by atoms with Gasteiger partial charge in [-0.25, -0.2) is 4.98 Å². The van der Waals surface area contributed by atoms with Crippen LogP contribution in [0, 0.1) is 0 Å². The molecule has 0 atom stereocenters. The number of anilines is 1. The average Bonchev–Trinajstić information content (AvgIpc) is 3.36. The van der Waals surface area contributed by atoms with E-state index >= 15 is 0 Å². The van der Waals surface area contributed by atoms with Gasteiger partial charge in [0.1, 0.15) is 0 Å². The number of carbonyl (C=O) groups is 1. The normalized spacial score (nSPS) is 14.4. The van der Waals surface area contributed by atoms with Crippen LogP contribution in [0.2, 0.25) is 0 Å². The van der Waals surface area contributed by atoms with E-state index in [1.54, 1.807) is 16.7 Å². The van der Waals surface area contributed by atoms with E-state index in [-0.39, 0.29) is 28.7 Å². The minimum Gasteiger partial charge on any atom is -0.338 e. The van der Waals surface area contributed by atoms with Crippen LogP contribution in [0.3, 0.4) is 0 Å². The monoisotopic (exact) mass is 398 g/mol. The standard InChI is InChI=1S/C20H22N4O3S/c1-20(2,3)15-10-17(27-23-15)22-16(25)11-28-19-21-14-7-5-4-6-13(14)18(26)24(19)12-8-9-12/h4-7,10,12H,8-9,11H2,1-3H3,(H,22,25). The molecular weight excluding hydrogens is 376 g/mol. The number of aromatic nitrogens is 3. The molecule has 0 radical (unpaired) electrons. The van der Waals surface area contributed by atoms with Crippen molar-refractivity contribution in [1.29, 1.82) is 0 Å². The van der Waals surface area contributed by atoms with Crippen LogP contribution in [0.5, 0.6) is 0 Å². The Hall–Kier alpha value is -2.61. The van der Waals surface area contributed by atoms with Crippen LogP contribution >= 0.6 is 11.8 Å². The maximum Gasteiger partial charge on any atom is 0.262 e. The maximum absolute atomic E-state index is 12.8. The van der Waals surface area contributed by atoms with Gasteiger partial charge in [0.15, 0.2) is 5.16 Å². The number of nitrogens with one attached hydrogen (secondary N) is 1. The molecule has 0 bridgehead atoms. The summed E-state index contributed by atoms with van der Waals surface area (Å²) in [6.45, 7) is 6.07. The number of para-hydroxylation sites is 1. The third kappa shape index (κ3) is 3.82.